The van der Waals surface area contributed by atoms with E-state index in [1.165, 1.54) is 0 Å². The SMILES string of the molecule is O=C(Nc1ccc(I)cc1)[C@H]1CC(=O)N(c2ccccc2Cl)C1. The number of carbonyl (C=O) groups excluding carboxylic acids is 2. The van der Waals surface area contributed by atoms with Crippen LogP contribution in [-0.2, 0) is 9.59 Å². The summed E-state index contributed by atoms with van der Waals surface area (Å²) in [5, 5.41) is 3.38. The summed E-state index contributed by atoms with van der Waals surface area (Å²) in [6, 6.07) is 14.7. The van der Waals surface area contributed by atoms with Gasteiger partial charge in [0.1, 0.15) is 0 Å². The average molecular weight is 441 g/mol. The third-order valence-corrected chi connectivity index (χ3v) is 4.79. The van der Waals surface area contributed by atoms with E-state index in [-0.39, 0.29) is 24.2 Å². The first kappa shape index (κ1) is 16.3. The smallest absolute Gasteiger partial charge is 0.229 e. The van der Waals surface area contributed by atoms with E-state index in [2.05, 4.69) is 27.9 Å². The predicted molar refractivity (Wildman–Crippen MR) is 99.7 cm³/mol. The lowest BCUT2D eigenvalue weighted by Gasteiger charge is -2.18. The molecule has 0 radical (unpaired) electrons. The number of para-hydroxylation sites is 1. The number of anilines is 2. The summed E-state index contributed by atoms with van der Waals surface area (Å²) in [7, 11) is 0. The maximum atomic E-state index is 12.4. The van der Waals surface area contributed by atoms with Crippen LogP contribution in [0.2, 0.25) is 5.02 Å². The monoisotopic (exact) mass is 440 g/mol. The van der Waals surface area contributed by atoms with Gasteiger partial charge < -0.3 is 10.2 Å². The van der Waals surface area contributed by atoms with Crippen molar-refractivity contribution in [2.45, 2.75) is 6.42 Å². The van der Waals surface area contributed by atoms with Gasteiger partial charge in [-0.1, -0.05) is 23.7 Å². The first-order valence-electron chi connectivity index (χ1n) is 7.16. The highest BCUT2D eigenvalue weighted by Crippen LogP contribution is 2.31. The lowest BCUT2D eigenvalue weighted by Crippen LogP contribution is -2.28. The van der Waals surface area contributed by atoms with Crippen molar-refractivity contribution in [3.05, 3.63) is 57.1 Å². The van der Waals surface area contributed by atoms with Gasteiger partial charge >= 0.3 is 0 Å². The number of carbonyl (C=O) groups is 2. The Morgan fingerprint density at radius 3 is 2.57 bits per heavy atom. The van der Waals surface area contributed by atoms with Crippen molar-refractivity contribution in [3.8, 4) is 0 Å². The van der Waals surface area contributed by atoms with Gasteiger partial charge in [-0.05, 0) is 59.0 Å². The molecule has 0 saturated carbocycles. The zero-order chi connectivity index (χ0) is 16.4. The first-order valence-corrected chi connectivity index (χ1v) is 8.61. The normalized spacial score (nSPS) is 17.4. The Balaban J connectivity index is 1.71. The van der Waals surface area contributed by atoms with Gasteiger partial charge in [0.25, 0.3) is 0 Å². The fourth-order valence-corrected chi connectivity index (χ4v) is 3.16. The van der Waals surface area contributed by atoms with Crippen LogP contribution in [0.4, 0.5) is 11.4 Å². The van der Waals surface area contributed by atoms with E-state index < -0.39 is 0 Å². The molecule has 0 aliphatic carbocycles. The van der Waals surface area contributed by atoms with Gasteiger partial charge in [-0.2, -0.15) is 0 Å². The zero-order valence-electron chi connectivity index (χ0n) is 12.1. The van der Waals surface area contributed by atoms with Gasteiger partial charge in [-0.3, -0.25) is 9.59 Å². The second kappa shape index (κ2) is 6.88. The topological polar surface area (TPSA) is 49.4 Å². The molecule has 1 aliphatic rings. The van der Waals surface area contributed by atoms with Crippen molar-refractivity contribution in [2.24, 2.45) is 5.92 Å². The molecule has 1 fully saturated rings. The summed E-state index contributed by atoms with van der Waals surface area (Å²) in [4.78, 5) is 26.2. The summed E-state index contributed by atoms with van der Waals surface area (Å²) >= 11 is 8.35. The van der Waals surface area contributed by atoms with E-state index >= 15 is 0 Å². The van der Waals surface area contributed by atoms with Crippen LogP contribution in [0.25, 0.3) is 0 Å². The van der Waals surface area contributed by atoms with Crippen molar-refractivity contribution in [2.75, 3.05) is 16.8 Å². The van der Waals surface area contributed by atoms with Gasteiger partial charge in [-0.25, -0.2) is 0 Å². The number of amides is 2. The Morgan fingerprint density at radius 2 is 1.87 bits per heavy atom. The molecule has 2 amide bonds. The lowest BCUT2D eigenvalue weighted by atomic mass is 10.1. The van der Waals surface area contributed by atoms with Gasteiger partial charge in [0.2, 0.25) is 11.8 Å². The highest BCUT2D eigenvalue weighted by atomic mass is 127. The molecule has 3 rings (SSSR count). The number of halogens is 2. The molecule has 1 N–H and O–H groups in total. The van der Waals surface area contributed by atoms with E-state index in [1.54, 1.807) is 17.0 Å². The van der Waals surface area contributed by atoms with E-state index in [0.29, 0.717) is 17.3 Å². The number of nitrogens with one attached hydrogen (secondary N) is 1. The lowest BCUT2D eigenvalue weighted by molar-refractivity contribution is -0.122. The van der Waals surface area contributed by atoms with Crippen molar-refractivity contribution < 1.29 is 9.59 Å². The molecular formula is C17H14ClIN2O2. The van der Waals surface area contributed by atoms with E-state index in [4.69, 9.17) is 11.6 Å². The molecule has 1 heterocycles. The van der Waals surface area contributed by atoms with E-state index in [0.717, 1.165) is 9.26 Å². The van der Waals surface area contributed by atoms with Crippen LogP contribution < -0.4 is 10.2 Å². The van der Waals surface area contributed by atoms with Crippen molar-refractivity contribution in [3.63, 3.8) is 0 Å². The van der Waals surface area contributed by atoms with Gasteiger partial charge in [-0.15, -0.1) is 0 Å². The predicted octanol–water partition coefficient (Wildman–Crippen LogP) is 3.94. The summed E-state index contributed by atoms with van der Waals surface area (Å²) in [6.07, 6.45) is 0.196. The third kappa shape index (κ3) is 3.67. The molecule has 1 aliphatic heterocycles. The molecule has 0 unspecified atom stereocenters. The van der Waals surface area contributed by atoms with Crippen molar-refractivity contribution >= 4 is 57.4 Å². The molecule has 23 heavy (non-hydrogen) atoms. The standard InChI is InChI=1S/C17H14ClIN2O2/c18-14-3-1-2-4-15(14)21-10-11(9-16(21)22)17(23)20-13-7-5-12(19)6-8-13/h1-8,11H,9-10H2,(H,20,23)/t11-/m0/s1. The summed E-state index contributed by atoms with van der Waals surface area (Å²) in [6.45, 7) is 0.346. The fraction of sp³-hybridized carbons (Fsp3) is 0.176. The minimum Gasteiger partial charge on any atom is -0.326 e. The minimum atomic E-state index is -0.377. The van der Waals surface area contributed by atoms with Crippen LogP contribution in [0.3, 0.4) is 0 Å². The Morgan fingerprint density at radius 1 is 1.17 bits per heavy atom. The summed E-state index contributed by atoms with van der Waals surface area (Å²) in [5.74, 6) is -0.604. The van der Waals surface area contributed by atoms with Crippen LogP contribution in [0.15, 0.2) is 48.5 Å². The molecular weight excluding hydrogens is 427 g/mol. The van der Waals surface area contributed by atoms with Gasteiger partial charge in [0.05, 0.1) is 16.6 Å². The Labute approximate surface area is 153 Å². The molecule has 2 aromatic carbocycles. The zero-order valence-corrected chi connectivity index (χ0v) is 15.0. The first-order chi connectivity index (χ1) is 11.0. The molecule has 118 valence electrons. The highest BCUT2D eigenvalue weighted by Gasteiger charge is 2.35. The van der Waals surface area contributed by atoms with Crippen molar-refractivity contribution in [1.29, 1.82) is 0 Å². The molecule has 4 nitrogen and oxygen atoms in total. The highest BCUT2D eigenvalue weighted by molar-refractivity contribution is 14.1. The Bertz CT molecular complexity index is 749. The largest absolute Gasteiger partial charge is 0.326 e. The second-order valence-electron chi connectivity index (χ2n) is 5.35. The maximum absolute atomic E-state index is 12.4. The number of hydrogen-bond donors (Lipinski definition) is 1. The second-order valence-corrected chi connectivity index (χ2v) is 7.01. The average Bonchev–Trinajstić information content (AvgIpc) is 2.92. The molecule has 2 aromatic rings. The molecule has 0 spiro atoms. The fourth-order valence-electron chi connectivity index (χ4n) is 2.56. The Kier molecular flexibility index (Phi) is 4.87. The molecule has 0 bridgehead atoms. The van der Waals surface area contributed by atoms with E-state index in [9.17, 15) is 9.59 Å². The minimum absolute atomic E-state index is 0.0825. The number of rotatable bonds is 3. The van der Waals surface area contributed by atoms with Crippen LogP contribution in [0.1, 0.15) is 6.42 Å². The maximum Gasteiger partial charge on any atom is 0.229 e. The van der Waals surface area contributed by atoms with Crippen LogP contribution >= 0.6 is 34.2 Å². The molecule has 0 aromatic heterocycles. The van der Waals surface area contributed by atoms with Crippen LogP contribution in [0.5, 0.6) is 0 Å². The van der Waals surface area contributed by atoms with Crippen LogP contribution in [0, 0.1) is 9.49 Å². The third-order valence-electron chi connectivity index (χ3n) is 3.75. The Hall–Kier alpha value is -1.60. The molecule has 1 atom stereocenters. The number of benzene rings is 2. The van der Waals surface area contributed by atoms with Crippen LogP contribution in [-0.4, -0.2) is 18.4 Å². The quantitative estimate of drug-likeness (QED) is 0.735. The van der Waals surface area contributed by atoms with Gasteiger partial charge in [0.15, 0.2) is 0 Å². The molecule has 1 saturated heterocycles. The summed E-state index contributed by atoms with van der Waals surface area (Å²) in [5.41, 5.74) is 1.39. The van der Waals surface area contributed by atoms with Gasteiger partial charge in [0, 0.05) is 22.2 Å². The van der Waals surface area contributed by atoms with E-state index in [1.807, 2.05) is 36.4 Å². The number of hydrogen-bond acceptors (Lipinski definition) is 2. The summed E-state index contributed by atoms with van der Waals surface area (Å²) < 4.78 is 1.10. The number of nitrogens with zero attached hydrogens (tertiary/aromatic N) is 1. The molecule has 6 heteroatoms. The van der Waals surface area contributed by atoms with Crippen molar-refractivity contribution in [1.82, 2.24) is 0 Å².